The molecule has 1 saturated heterocycles. The molecule has 0 saturated carbocycles. The average molecular weight is 438 g/mol. The average Bonchev–Trinajstić information content (AvgIpc) is 3.08. The molecule has 0 aliphatic carbocycles. The van der Waals surface area contributed by atoms with Gasteiger partial charge < -0.3 is 25.6 Å². The first-order valence-electron chi connectivity index (χ1n) is 9.89. The van der Waals surface area contributed by atoms with E-state index in [9.17, 15) is 28.2 Å². The Kier molecular flexibility index (Phi) is 7.32. The third-order valence-electron chi connectivity index (χ3n) is 5.43. The summed E-state index contributed by atoms with van der Waals surface area (Å²) in [5.41, 5.74) is 1.27. The maximum Gasteiger partial charge on any atom is 0.416 e. The summed E-state index contributed by atoms with van der Waals surface area (Å²) in [5, 5.41) is 25.6. The lowest BCUT2D eigenvalue weighted by atomic mass is 9.99. The van der Waals surface area contributed by atoms with Gasteiger partial charge in [0, 0.05) is 12.6 Å². The van der Waals surface area contributed by atoms with E-state index < -0.39 is 36.0 Å². The number of halogens is 3. The van der Waals surface area contributed by atoms with Gasteiger partial charge in [-0.25, -0.2) is 4.79 Å². The maximum atomic E-state index is 12.7. The van der Waals surface area contributed by atoms with Crippen LogP contribution in [0.5, 0.6) is 0 Å². The van der Waals surface area contributed by atoms with Gasteiger partial charge in [0.25, 0.3) is 0 Å². The summed E-state index contributed by atoms with van der Waals surface area (Å²) < 4.78 is 43.1. The van der Waals surface area contributed by atoms with Gasteiger partial charge in [-0.05, 0) is 41.8 Å². The molecule has 6 nitrogen and oxygen atoms in total. The zero-order valence-electron chi connectivity index (χ0n) is 16.9. The van der Waals surface area contributed by atoms with Gasteiger partial charge in [-0.15, -0.1) is 0 Å². The fourth-order valence-electron chi connectivity index (χ4n) is 3.61. The molecule has 0 spiro atoms. The summed E-state index contributed by atoms with van der Waals surface area (Å²) in [4.78, 5) is 12.2. The molecular formula is C22H25F3N2O4. The van der Waals surface area contributed by atoms with Crippen molar-refractivity contribution in [2.75, 3.05) is 20.2 Å². The van der Waals surface area contributed by atoms with E-state index in [-0.39, 0.29) is 6.04 Å². The van der Waals surface area contributed by atoms with Crippen LogP contribution >= 0.6 is 0 Å². The molecule has 1 heterocycles. The predicted molar refractivity (Wildman–Crippen MR) is 108 cm³/mol. The second kappa shape index (κ2) is 9.78. The molecule has 4 N–H and O–H groups in total. The monoisotopic (exact) mass is 438 g/mol. The van der Waals surface area contributed by atoms with Crippen molar-refractivity contribution in [1.82, 2.24) is 10.6 Å². The molecule has 0 amide bonds. The Hall–Kier alpha value is -2.46. The van der Waals surface area contributed by atoms with E-state index in [0.717, 1.165) is 12.1 Å². The van der Waals surface area contributed by atoms with Crippen LogP contribution in [0.25, 0.3) is 11.1 Å². The van der Waals surface area contributed by atoms with Crippen molar-refractivity contribution in [2.45, 2.75) is 36.9 Å². The van der Waals surface area contributed by atoms with Crippen LogP contribution in [-0.2, 0) is 15.7 Å². The second-order valence-electron chi connectivity index (χ2n) is 7.47. The molecule has 0 bridgehead atoms. The second-order valence-corrected chi connectivity index (χ2v) is 7.47. The molecule has 31 heavy (non-hydrogen) atoms. The normalized spacial score (nSPS) is 22.3. The van der Waals surface area contributed by atoms with E-state index in [1.165, 1.54) is 19.2 Å². The van der Waals surface area contributed by atoms with Crippen LogP contribution in [0.3, 0.4) is 0 Å². The molecule has 1 aliphatic heterocycles. The standard InChI is InChI=1S/C22H25F3N2O4/c1-31-21(30)19(26-11-10-17-20(29)18(28)12-27-17)15-4-2-13(3-5-15)14-6-8-16(9-7-14)22(23,24)25/h2-9,17-20,26-29H,10-12H2,1H3/t17-,18-,19?,20+/m0/s1. The summed E-state index contributed by atoms with van der Waals surface area (Å²) in [5.74, 6) is -0.484. The van der Waals surface area contributed by atoms with Gasteiger partial charge in [0.2, 0.25) is 0 Å². The summed E-state index contributed by atoms with van der Waals surface area (Å²) in [7, 11) is 1.28. The van der Waals surface area contributed by atoms with E-state index in [1.807, 2.05) is 0 Å². The fourth-order valence-corrected chi connectivity index (χ4v) is 3.61. The predicted octanol–water partition coefficient (Wildman–Crippen LogP) is 2.26. The summed E-state index contributed by atoms with van der Waals surface area (Å²) >= 11 is 0. The van der Waals surface area contributed by atoms with Crippen LogP contribution in [0.1, 0.15) is 23.6 Å². The number of β-amino-alcohol motifs (C(OH)–C–C–N with tert-alkyl or cyclic N) is 1. The molecule has 1 unspecified atom stereocenters. The number of nitrogens with one attached hydrogen (secondary N) is 2. The molecule has 1 aliphatic rings. The number of carbonyl (C=O) groups excluding carboxylic acids is 1. The topological polar surface area (TPSA) is 90.8 Å². The third-order valence-corrected chi connectivity index (χ3v) is 5.43. The van der Waals surface area contributed by atoms with E-state index in [0.29, 0.717) is 36.2 Å². The molecule has 2 aromatic carbocycles. The molecule has 168 valence electrons. The maximum absolute atomic E-state index is 12.7. The molecule has 0 aromatic heterocycles. The molecule has 3 rings (SSSR count). The Morgan fingerprint density at radius 2 is 1.71 bits per heavy atom. The third kappa shape index (κ3) is 5.62. The Bertz CT molecular complexity index is 872. The minimum Gasteiger partial charge on any atom is -0.468 e. The molecule has 1 fully saturated rings. The summed E-state index contributed by atoms with van der Waals surface area (Å²) in [6.07, 6.45) is -5.56. The summed E-state index contributed by atoms with van der Waals surface area (Å²) in [6.45, 7) is 0.708. The van der Waals surface area contributed by atoms with Crippen molar-refractivity contribution in [3.63, 3.8) is 0 Å². The van der Waals surface area contributed by atoms with Crippen LogP contribution in [0, 0.1) is 0 Å². The summed E-state index contributed by atoms with van der Waals surface area (Å²) in [6, 6.07) is 10.8. The lowest BCUT2D eigenvalue weighted by molar-refractivity contribution is -0.143. The van der Waals surface area contributed by atoms with E-state index in [2.05, 4.69) is 10.6 Å². The number of benzene rings is 2. The number of hydrogen-bond acceptors (Lipinski definition) is 6. The van der Waals surface area contributed by atoms with Crippen molar-refractivity contribution < 1.29 is 32.9 Å². The van der Waals surface area contributed by atoms with Gasteiger partial charge in [0.1, 0.15) is 6.04 Å². The quantitative estimate of drug-likeness (QED) is 0.496. The van der Waals surface area contributed by atoms with Gasteiger partial charge in [0.15, 0.2) is 0 Å². The fraction of sp³-hybridized carbons (Fsp3) is 0.409. The zero-order valence-corrected chi connectivity index (χ0v) is 16.9. The molecule has 4 atom stereocenters. The Balaban J connectivity index is 1.67. The van der Waals surface area contributed by atoms with Crippen molar-refractivity contribution in [2.24, 2.45) is 0 Å². The van der Waals surface area contributed by atoms with Gasteiger partial charge in [0.05, 0.1) is 24.9 Å². The van der Waals surface area contributed by atoms with Crippen molar-refractivity contribution in [1.29, 1.82) is 0 Å². The highest BCUT2D eigenvalue weighted by atomic mass is 19.4. The van der Waals surface area contributed by atoms with Gasteiger partial charge in [-0.3, -0.25) is 0 Å². The van der Waals surface area contributed by atoms with E-state index >= 15 is 0 Å². The van der Waals surface area contributed by atoms with Crippen LogP contribution in [0.4, 0.5) is 13.2 Å². The minimum absolute atomic E-state index is 0.275. The molecule has 9 heteroatoms. The first-order chi connectivity index (χ1) is 14.7. The van der Waals surface area contributed by atoms with Crippen LogP contribution < -0.4 is 10.6 Å². The van der Waals surface area contributed by atoms with Gasteiger partial charge in [-0.1, -0.05) is 36.4 Å². The Morgan fingerprint density at radius 1 is 1.13 bits per heavy atom. The number of hydrogen-bond donors (Lipinski definition) is 4. The van der Waals surface area contributed by atoms with Crippen LogP contribution in [0.15, 0.2) is 48.5 Å². The Labute approximate surface area is 178 Å². The number of esters is 1. The number of ether oxygens (including phenoxy) is 1. The Morgan fingerprint density at radius 3 is 2.19 bits per heavy atom. The zero-order chi connectivity index (χ0) is 22.6. The van der Waals surface area contributed by atoms with Crippen molar-refractivity contribution in [3.05, 3.63) is 59.7 Å². The SMILES string of the molecule is COC(=O)C(NCC[C@@H]1NC[C@H](O)[C@@H]1O)c1ccc(-c2ccc(C(F)(F)F)cc2)cc1. The number of methoxy groups -OCH3 is 1. The number of aliphatic hydroxyl groups excluding tert-OH is 2. The van der Waals surface area contributed by atoms with Crippen molar-refractivity contribution in [3.8, 4) is 11.1 Å². The van der Waals surface area contributed by atoms with Crippen LogP contribution in [0.2, 0.25) is 0 Å². The minimum atomic E-state index is -4.38. The lowest BCUT2D eigenvalue weighted by Crippen LogP contribution is -2.38. The van der Waals surface area contributed by atoms with E-state index in [4.69, 9.17) is 4.74 Å². The first-order valence-corrected chi connectivity index (χ1v) is 9.89. The highest BCUT2D eigenvalue weighted by Crippen LogP contribution is 2.31. The highest BCUT2D eigenvalue weighted by Gasteiger charge is 2.33. The van der Waals surface area contributed by atoms with Crippen LogP contribution in [-0.4, -0.2) is 54.6 Å². The molecule has 2 aromatic rings. The number of rotatable bonds is 7. The highest BCUT2D eigenvalue weighted by molar-refractivity contribution is 5.78. The number of alkyl halides is 3. The number of aliphatic hydroxyl groups is 2. The van der Waals surface area contributed by atoms with Crippen molar-refractivity contribution >= 4 is 5.97 Å². The lowest BCUT2D eigenvalue weighted by Gasteiger charge is -2.20. The largest absolute Gasteiger partial charge is 0.468 e. The molecular weight excluding hydrogens is 413 g/mol. The number of carbonyl (C=O) groups is 1. The van der Waals surface area contributed by atoms with Gasteiger partial charge in [-0.2, -0.15) is 13.2 Å². The van der Waals surface area contributed by atoms with Gasteiger partial charge >= 0.3 is 12.1 Å². The van der Waals surface area contributed by atoms with E-state index in [1.54, 1.807) is 24.3 Å². The first kappa shape index (κ1) is 23.2. The smallest absolute Gasteiger partial charge is 0.416 e. The molecule has 0 radical (unpaired) electrons.